The highest BCUT2D eigenvalue weighted by Crippen LogP contribution is 2.34. The van der Waals surface area contributed by atoms with Crippen LogP contribution in [0.15, 0.2) is 42.5 Å². The molecule has 0 spiro atoms. The van der Waals surface area contributed by atoms with Crippen LogP contribution in [0.5, 0.6) is 5.75 Å². The number of nitrogens with two attached hydrogens (primary N) is 1. The monoisotopic (exact) mass is 283 g/mol. The third kappa shape index (κ3) is 3.28. The van der Waals surface area contributed by atoms with Gasteiger partial charge in [0.15, 0.2) is 5.78 Å². The number of hydrogen-bond acceptors (Lipinski definition) is 3. The minimum atomic E-state index is -0.410. The standard InChI is InChI=1S/C17H17NO3/c1-11(19)12-5-3-6-13(9-12)17-14(10-16(18)20)7-4-8-15(17)21-2/h3-9H,10H2,1-2H3,(H2,18,20). The molecule has 0 saturated heterocycles. The number of benzene rings is 2. The van der Waals surface area contributed by atoms with Gasteiger partial charge in [0, 0.05) is 11.1 Å². The smallest absolute Gasteiger partial charge is 0.221 e. The molecule has 0 unspecified atom stereocenters. The van der Waals surface area contributed by atoms with Crippen LogP contribution in [0.4, 0.5) is 0 Å². The van der Waals surface area contributed by atoms with Crippen LogP contribution >= 0.6 is 0 Å². The molecule has 0 bridgehead atoms. The molecule has 2 aromatic rings. The third-order valence-corrected chi connectivity index (χ3v) is 3.25. The number of ketones is 1. The Morgan fingerprint density at radius 1 is 1.14 bits per heavy atom. The van der Waals surface area contributed by atoms with Gasteiger partial charge in [0.25, 0.3) is 0 Å². The van der Waals surface area contributed by atoms with E-state index in [-0.39, 0.29) is 12.2 Å². The van der Waals surface area contributed by atoms with E-state index in [4.69, 9.17) is 10.5 Å². The molecule has 2 aromatic carbocycles. The van der Waals surface area contributed by atoms with Crippen molar-refractivity contribution in [2.24, 2.45) is 5.73 Å². The average molecular weight is 283 g/mol. The summed E-state index contributed by atoms with van der Waals surface area (Å²) in [6.07, 6.45) is 0.122. The van der Waals surface area contributed by atoms with Gasteiger partial charge < -0.3 is 10.5 Å². The van der Waals surface area contributed by atoms with E-state index in [0.29, 0.717) is 11.3 Å². The van der Waals surface area contributed by atoms with Crippen molar-refractivity contribution in [2.75, 3.05) is 7.11 Å². The molecule has 0 aliphatic heterocycles. The Bertz CT molecular complexity index is 692. The van der Waals surface area contributed by atoms with Crippen LogP contribution < -0.4 is 10.5 Å². The summed E-state index contributed by atoms with van der Waals surface area (Å²) in [5, 5.41) is 0. The molecule has 1 amide bonds. The lowest BCUT2D eigenvalue weighted by Crippen LogP contribution is -2.14. The first-order valence-corrected chi connectivity index (χ1v) is 6.58. The molecule has 21 heavy (non-hydrogen) atoms. The second kappa shape index (κ2) is 6.22. The van der Waals surface area contributed by atoms with Crippen LogP contribution in [0.1, 0.15) is 22.8 Å². The summed E-state index contributed by atoms with van der Waals surface area (Å²) in [7, 11) is 1.57. The second-order valence-corrected chi connectivity index (χ2v) is 4.77. The van der Waals surface area contributed by atoms with E-state index < -0.39 is 5.91 Å². The first-order chi connectivity index (χ1) is 10.0. The van der Waals surface area contributed by atoms with Gasteiger partial charge >= 0.3 is 0 Å². The number of ether oxygens (including phenoxy) is 1. The molecule has 2 N–H and O–H groups in total. The molecular formula is C17H17NO3. The largest absolute Gasteiger partial charge is 0.496 e. The molecule has 0 aliphatic rings. The van der Waals surface area contributed by atoms with Crippen molar-refractivity contribution >= 4 is 11.7 Å². The zero-order valence-corrected chi connectivity index (χ0v) is 12.1. The Hall–Kier alpha value is -2.62. The van der Waals surface area contributed by atoms with Crippen molar-refractivity contribution in [3.8, 4) is 16.9 Å². The predicted molar refractivity (Wildman–Crippen MR) is 81.3 cm³/mol. The Balaban J connectivity index is 2.63. The van der Waals surface area contributed by atoms with Crippen molar-refractivity contribution in [3.05, 3.63) is 53.6 Å². The van der Waals surface area contributed by atoms with E-state index in [0.717, 1.165) is 16.7 Å². The molecule has 2 rings (SSSR count). The van der Waals surface area contributed by atoms with Crippen LogP contribution in [0.2, 0.25) is 0 Å². The summed E-state index contributed by atoms with van der Waals surface area (Å²) in [5.41, 5.74) is 8.33. The molecule has 0 fully saturated rings. The van der Waals surface area contributed by atoms with Crippen LogP contribution in [-0.2, 0) is 11.2 Å². The minimum Gasteiger partial charge on any atom is -0.496 e. The Morgan fingerprint density at radius 2 is 1.86 bits per heavy atom. The molecule has 4 nitrogen and oxygen atoms in total. The Morgan fingerprint density at radius 3 is 2.48 bits per heavy atom. The SMILES string of the molecule is COc1cccc(CC(N)=O)c1-c1cccc(C(C)=O)c1. The summed E-state index contributed by atoms with van der Waals surface area (Å²) >= 11 is 0. The Labute approximate surface area is 123 Å². The van der Waals surface area contributed by atoms with Crippen LogP contribution in [-0.4, -0.2) is 18.8 Å². The van der Waals surface area contributed by atoms with Crippen molar-refractivity contribution in [1.29, 1.82) is 0 Å². The molecule has 0 saturated carbocycles. The maximum absolute atomic E-state index is 11.5. The number of carbonyl (C=O) groups is 2. The zero-order valence-electron chi connectivity index (χ0n) is 12.1. The number of Topliss-reactive ketones (excluding diaryl/α,β-unsaturated/α-hetero) is 1. The van der Waals surface area contributed by atoms with Gasteiger partial charge in [0.05, 0.1) is 13.5 Å². The second-order valence-electron chi connectivity index (χ2n) is 4.77. The summed E-state index contributed by atoms with van der Waals surface area (Å²) in [6, 6.07) is 12.7. The summed E-state index contributed by atoms with van der Waals surface area (Å²) in [5.74, 6) is 0.227. The van der Waals surface area contributed by atoms with Crippen molar-refractivity contribution < 1.29 is 14.3 Å². The molecular weight excluding hydrogens is 266 g/mol. The lowest BCUT2D eigenvalue weighted by atomic mass is 9.94. The topological polar surface area (TPSA) is 69.4 Å². The number of hydrogen-bond donors (Lipinski definition) is 1. The predicted octanol–water partition coefficient (Wildman–Crippen LogP) is 2.59. The number of methoxy groups -OCH3 is 1. The first kappa shape index (κ1) is 14.8. The highest BCUT2D eigenvalue weighted by atomic mass is 16.5. The van der Waals surface area contributed by atoms with Crippen LogP contribution in [0, 0.1) is 0 Å². The maximum Gasteiger partial charge on any atom is 0.221 e. The molecule has 0 aliphatic carbocycles. The van der Waals surface area contributed by atoms with E-state index in [9.17, 15) is 9.59 Å². The van der Waals surface area contributed by atoms with Gasteiger partial charge in [-0.2, -0.15) is 0 Å². The van der Waals surface area contributed by atoms with E-state index >= 15 is 0 Å². The summed E-state index contributed by atoms with van der Waals surface area (Å²) < 4.78 is 5.39. The van der Waals surface area contributed by atoms with Gasteiger partial charge in [-0.15, -0.1) is 0 Å². The van der Waals surface area contributed by atoms with E-state index in [1.165, 1.54) is 6.92 Å². The number of carbonyl (C=O) groups excluding carboxylic acids is 2. The lowest BCUT2D eigenvalue weighted by Gasteiger charge is -2.14. The molecule has 4 heteroatoms. The van der Waals surface area contributed by atoms with Gasteiger partial charge in [-0.3, -0.25) is 9.59 Å². The van der Waals surface area contributed by atoms with Gasteiger partial charge in [0.2, 0.25) is 5.91 Å². The van der Waals surface area contributed by atoms with Crippen molar-refractivity contribution in [1.82, 2.24) is 0 Å². The summed E-state index contributed by atoms with van der Waals surface area (Å²) in [4.78, 5) is 22.8. The highest BCUT2D eigenvalue weighted by Gasteiger charge is 2.14. The van der Waals surface area contributed by atoms with Crippen LogP contribution in [0.25, 0.3) is 11.1 Å². The fraction of sp³-hybridized carbons (Fsp3) is 0.176. The maximum atomic E-state index is 11.5. The fourth-order valence-electron chi connectivity index (χ4n) is 2.30. The normalized spacial score (nSPS) is 10.2. The molecule has 0 atom stereocenters. The van der Waals surface area contributed by atoms with E-state index in [1.54, 1.807) is 19.2 Å². The van der Waals surface area contributed by atoms with E-state index in [1.807, 2.05) is 30.3 Å². The quantitative estimate of drug-likeness (QED) is 0.857. The van der Waals surface area contributed by atoms with Gasteiger partial charge in [0.1, 0.15) is 5.75 Å². The molecule has 0 aromatic heterocycles. The fourth-order valence-corrected chi connectivity index (χ4v) is 2.30. The molecule has 0 radical (unpaired) electrons. The van der Waals surface area contributed by atoms with E-state index in [2.05, 4.69) is 0 Å². The number of amides is 1. The minimum absolute atomic E-state index is 0.0109. The van der Waals surface area contributed by atoms with Gasteiger partial charge in [-0.05, 0) is 30.2 Å². The zero-order chi connectivity index (χ0) is 15.4. The summed E-state index contributed by atoms with van der Waals surface area (Å²) in [6.45, 7) is 1.52. The molecule has 108 valence electrons. The van der Waals surface area contributed by atoms with Gasteiger partial charge in [-0.1, -0.05) is 30.3 Å². The van der Waals surface area contributed by atoms with Gasteiger partial charge in [-0.25, -0.2) is 0 Å². The first-order valence-electron chi connectivity index (χ1n) is 6.58. The van der Waals surface area contributed by atoms with Crippen molar-refractivity contribution in [3.63, 3.8) is 0 Å². The highest BCUT2D eigenvalue weighted by molar-refractivity contribution is 5.95. The number of primary amides is 1. The number of rotatable bonds is 5. The Kier molecular flexibility index (Phi) is 4.38. The van der Waals surface area contributed by atoms with Crippen LogP contribution in [0.3, 0.4) is 0 Å². The third-order valence-electron chi connectivity index (χ3n) is 3.25. The van der Waals surface area contributed by atoms with Crippen molar-refractivity contribution in [2.45, 2.75) is 13.3 Å². The average Bonchev–Trinajstić information content (AvgIpc) is 2.46. The lowest BCUT2D eigenvalue weighted by molar-refractivity contribution is -0.117. The molecule has 0 heterocycles.